The number of hydrogen-bond acceptors (Lipinski definition) is 4. The van der Waals surface area contributed by atoms with Crippen LogP contribution in [0.3, 0.4) is 0 Å². The summed E-state index contributed by atoms with van der Waals surface area (Å²) in [6.45, 7) is 7.58. The minimum Gasteiger partial charge on any atom is -0.479 e. The van der Waals surface area contributed by atoms with Crippen LogP contribution in [0.5, 0.6) is 5.75 Å². The van der Waals surface area contributed by atoms with Crippen molar-refractivity contribution in [1.82, 2.24) is 0 Å². The van der Waals surface area contributed by atoms with E-state index in [0.717, 1.165) is 16.8 Å². The predicted molar refractivity (Wildman–Crippen MR) is 67.1 cm³/mol. The van der Waals surface area contributed by atoms with E-state index < -0.39 is 6.10 Å². The molecule has 4 heteroatoms. The van der Waals surface area contributed by atoms with E-state index in [0.29, 0.717) is 12.4 Å². The molecule has 1 aromatic carbocycles. The SMILES string of the molecule is CCOC(=O)C(C)Oc1cc(C)c(N)cc1C. The lowest BCUT2D eigenvalue weighted by Crippen LogP contribution is -2.26. The van der Waals surface area contributed by atoms with Gasteiger partial charge in [0.05, 0.1) is 6.61 Å². The van der Waals surface area contributed by atoms with Crippen LogP contribution >= 0.6 is 0 Å². The van der Waals surface area contributed by atoms with Crippen LogP contribution in [0.15, 0.2) is 12.1 Å². The third-order valence-corrected chi connectivity index (χ3v) is 2.49. The molecule has 0 bridgehead atoms. The van der Waals surface area contributed by atoms with Crippen LogP contribution in [0.25, 0.3) is 0 Å². The van der Waals surface area contributed by atoms with E-state index in [-0.39, 0.29) is 5.97 Å². The summed E-state index contributed by atoms with van der Waals surface area (Å²) in [5.74, 6) is 0.304. The Kier molecular flexibility index (Phi) is 4.37. The van der Waals surface area contributed by atoms with Crippen LogP contribution in [0.2, 0.25) is 0 Å². The Morgan fingerprint density at radius 2 is 2.00 bits per heavy atom. The minimum absolute atomic E-state index is 0.353. The molecule has 0 saturated heterocycles. The zero-order valence-corrected chi connectivity index (χ0v) is 10.7. The summed E-state index contributed by atoms with van der Waals surface area (Å²) in [5.41, 5.74) is 8.34. The zero-order chi connectivity index (χ0) is 13.0. The van der Waals surface area contributed by atoms with Crippen molar-refractivity contribution in [2.75, 3.05) is 12.3 Å². The van der Waals surface area contributed by atoms with Gasteiger partial charge in [0.15, 0.2) is 6.10 Å². The first-order valence-corrected chi connectivity index (χ1v) is 5.65. The van der Waals surface area contributed by atoms with Crippen molar-refractivity contribution in [3.8, 4) is 5.75 Å². The van der Waals surface area contributed by atoms with Gasteiger partial charge >= 0.3 is 5.97 Å². The number of ether oxygens (including phenoxy) is 2. The Bertz CT molecular complexity index is 415. The molecule has 0 spiro atoms. The van der Waals surface area contributed by atoms with Gasteiger partial charge in [-0.05, 0) is 51.0 Å². The molecular formula is C13H19NO3. The maximum atomic E-state index is 11.4. The standard InChI is InChI=1S/C13H19NO3/c1-5-16-13(15)10(4)17-12-7-8(2)11(14)6-9(12)3/h6-7,10H,5,14H2,1-4H3. The van der Waals surface area contributed by atoms with Crippen LogP contribution in [0.1, 0.15) is 25.0 Å². The maximum absolute atomic E-state index is 11.4. The minimum atomic E-state index is -0.614. The number of anilines is 1. The van der Waals surface area contributed by atoms with Crippen LogP contribution in [0, 0.1) is 13.8 Å². The largest absolute Gasteiger partial charge is 0.479 e. The number of rotatable bonds is 4. The molecule has 0 amide bonds. The monoisotopic (exact) mass is 237 g/mol. The smallest absolute Gasteiger partial charge is 0.347 e. The van der Waals surface area contributed by atoms with Crippen molar-refractivity contribution >= 4 is 11.7 Å². The second kappa shape index (κ2) is 5.57. The molecule has 4 nitrogen and oxygen atoms in total. The molecule has 1 atom stereocenters. The molecule has 0 aliphatic rings. The van der Waals surface area contributed by atoms with E-state index in [2.05, 4.69) is 0 Å². The topological polar surface area (TPSA) is 61.5 Å². The number of hydrogen-bond donors (Lipinski definition) is 1. The van der Waals surface area contributed by atoms with E-state index in [1.54, 1.807) is 13.8 Å². The average molecular weight is 237 g/mol. The molecule has 0 radical (unpaired) electrons. The summed E-state index contributed by atoms with van der Waals surface area (Å²) >= 11 is 0. The van der Waals surface area contributed by atoms with Gasteiger partial charge in [-0.15, -0.1) is 0 Å². The first-order valence-electron chi connectivity index (χ1n) is 5.65. The summed E-state index contributed by atoms with van der Waals surface area (Å²) in [7, 11) is 0. The highest BCUT2D eigenvalue weighted by molar-refractivity contribution is 5.74. The second-order valence-corrected chi connectivity index (χ2v) is 3.99. The highest BCUT2D eigenvalue weighted by atomic mass is 16.6. The van der Waals surface area contributed by atoms with Crippen LogP contribution in [-0.2, 0) is 9.53 Å². The Morgan fingerprint density at radius 3 is 2.59 bits per heavy atom. The van der Waals surface area contributed by atoms with Crippen molar-refractivity contribution in [2.45, 2.75) is 33.8 Å². The number of carbonyl (C=O) groups excluding carboxylic acids is 1. The number of esters is 1. The summed E-state index contributed by atoms with van der Waals surface area (Å²) in [4.78, 5) is 11.4. The molecule has 17 heavy (non-hydrogen) atoms. The quantitative estimate of drug-likeness (QED) is 0.644. The molecule has 1 rings (SSSR count). The van der Waals surface area contributed by atoms with E-state index in [1.165, 1.54) is 0 Å². The normalized spacial score (nSPS) is 12.0. The van der Waals surface area contributed by atoms with E-state index in [9.17, 15) is 4.79 Å². The molecule has 0 aromatic heterocycles. The molecule has 0 fully saturated rings. The summed E-state index contributed by atoms with van der Waals surface area (Å²) in [6.07, 6.45) is -0.614. The van der Waals surface area contributed by atoms with E-state index >= 15 is 0 Å². The van der Waals surface area contributed by atoms with Gasteiger partial charge in [0.25, 0.3) is 0 Å². The van der Waals surface area contributed by atoms with Gasteiger partial charge in [-0.3, -0.25) is 0 Å². The highest BCUT2D eigenvalue weighted by Crippen LogP contribution is 2.25. The first-order chi connectivity index (χ1) is 7.95. The second-order valence-electron chi connectivity index (χ2n) is 3.99. The van der Waals surface area contributed by atoms with Gasteiger partial charge in [-0.25, -0.2) is 4.79 Å². The van der Waals surface area contributed by atoms with Gasteiger partial charge in [0.1, 0.15) is 5.75 Å². The van der Waals surface area contributed by atoms with Gasteiger partial charge in [-0.1, -0.05) is 0 Å². The molecule has 0 heterocycles. The molecule has 94 valence electrons. The summed E-state index contributed by atoms with van der Waals surface area (Å²) in [5, 5.41) is 0. The number of benzene rings is 1. The Morgan fingerprint density at radius 1 is 1.35 bits per heavy atom. The molecule has 0 aliphatic heterocycles. The van der Waals surface area contributed by atoms with E-state index in [4.69, 9.17) is 15.2 Å². The first kappa shape index (κ1) is 13.4. The fourth-order valence-corrected chi connectivity index (χ4v) is 1.44. The number of nitrogen functional groups attached to an aromatic ring is 1. The zero-order valence-electron chi connectivity index (χ0n) is 10.7. The number of carbonyl (C=O) groups is 1. The summed E-state index contributed by atoms with van der Waals surface area (Å²) in [6, 6.07) is 3.67. The molecule has 0 aliphatic carbocycles. The molecule has 2 N–H and O–H groups in total. The van der Waals surface area contributed by atoms with Crippen molar-refractivity contribution in [1.29, 1.82) is 0 Å². The molecule has 1 unspecified atom stereocenters. The number of aryl methyl sites for hydroxylation is 2. The van der Waals surface area contributed by atoms with Crippen molar-refractivity contribution in [2.24, 2.45) is 0 Å². The number of nitrogens with two attached hydrogens (primary N) is 1. The molecular weight excluding hydrogens is 218 g/mol. The predicted octanol–water partition coefficient (Wildman–Crippen LogP) is 2.22. The van der Waals surface area contributed by atoms with Gasteiger partial charge < -0.3 is 15.2 Å². The Labute approximate surface area is 102 Å². The maximum Gasteiger partial charge on any atom is 0.347 e. The fraction of sp³-hybridized carbons (Fsp3) is 0.462. The molecule has 0 saturated carbocycles. The average Bonchev–Trinajstić information content (AvgIpc) is 2.26. The molecule has 1 aromatic rings. The lowest BCUT2D eigenvalue weighted by molar-refractivity contribution is -0.150. The lowest BCUT2D eigenvalue weighted by atomic mass is 10.1. The third kappa shape index (κ3) is 3.37. The van der Waals surface area contributed by atoms with Crippen molar-refractivity contribution < 1.29 is 14.3 Å². The van der Waals surface area contributed by atoms with Crippen LogP contribution in [-0.4, -0.2) is 18.7 Å². The Balaban J connectivity index is 2.81. The summed E-state index contributed by atoms with van der Waals surface area (Å²) < 4.78 is 10.4. The lowest BCUT2D eigenvalue weighted by Gasteiger charge is -2.16. The highest BCUT2D eigenvalue weighted by Gasteiger charge is 2.17. The van der Waals surface area contributed by atoms with Gasteiger partial charge in [0, 0.05) is 5.69 Å². The van der Waals surface area contributed by atoms with Gasteiger partial charge in [-0.2, -0.15) is 0 Å². The Hall–Kier alpha value is -1.71. The van der Waals surface area contributed by atoms with Gasteiger partial charge in [0.2, 0.25) is 0 Å². The van der Waals surface area contributed by atoms with Crippen molar-refractivity contribution in [3.05, 3.63) is 23.3 Å². The fourth-order valence-electron chi connectivity index (χ4n) is 1.44. The van der Waals surface area contributed by atoms with Crippen LogP contribution in [0.4, 0.5) is 5.69 Å². The van der Waals surface area contributed by atoms with Crippen molar-refractivity contribution in [3.63, 3.8) is 0 Å². The van der Waals surface area contributed by atoms with E-state index in [1.807, 2.05) is 26.0 Å². The van der Waals surface area contributed by atoms with Crippen LogP contribution < -0.4 is 10.5 Å². The third-order valence-electron chi connectivity index (χ3n) is 2.49.